The third kappa shape index (κ3) is 3.17. The minimum atomic E-state index is -0.0400. The van der Waals surface area contributed by atoms with Crippen LogP contribution in [0.2, 0.25) is 0 Å². The molecule has 0 aliphatic carbocycles. The minimum Gasteiger partial charge on any atom is -0.295 e. The first-order valence-corrected chi connectivity index (χ1v) is 3.30. The lowest BCUT2D eigenvalue weighted by Gasteiger charge is -1.90. The number of carbonyl (C=O) groups is 2. The summed E-state index contributed by atoms with van der Waals surface area (Å²) in [7, 11) is 0. The molecule has 0 saturated heterocycles. The predicted octanol–water partition coefficient (Wildman–Crippen LogP) is 1.50. The molecule has 0 rings (SSSR count). The van der Waals surface area contributed by atoms with Crippen LogP contribution in [0.25, 0.3) is 0 Å². The molecule has 0 unspecified atom stereocenters. The average Bonchev–Trinajstić information content (AvgIpc) is 1.87. The molecule has 0 heterocycles. The Morgan fingerprint density at radius 3 is 2.10 bits per heavy atom. The molecule has 0 fully saturated rings. The van der Waals surface area contributed by atoms with Crippen molar-refractivity contribution in [1.29, 1.82) is 0 Å². The van der Waals surface area contributed by atoms with Gasteiger partial charge in [0.25, 0.3) is 0 Å². The third-order valence-electron chi connectivity index (χ3n) is 1.28. The van der Waals surface area contributed by atoms with Crippen LogP contribution in [0.4, 0.5) is 0 Å². The van der Waals surface area contributed by atoms with Crippen LogP contribution in [0.3, 0.4) is 0 Å². The van der Waals surface area contributed by atoms with Crippen molar-refractivity contribution >= 4 is 11.6 Å². The predicted molar refractivity (Wildman–Crippen MR) is 39.7 cm³/mol. The van der Waals surface area contributed by atoms with Gasteiger partial charge in [-0.15, -0.1) is 0 Å². The van der Waals surface area contributed by atoms with E-state index in [0.29, 0.717) is 12.0 Å². The van der Waals surface area contributed by atoms with Gasteiger partial charge < -0.3 is 0 Å². The summed E-state index contributed by atoms with van der Waals surface area (Å²) in [5, 5.41) is 0. The first kappa shape index (κ1) is 9.08. The van der Waals surface area contributed by atoms with Crippen LogP contribution in [0, 0.1) is 0 Å². The maximum absolute atomic E-state index is 10.7. The zero-order chi connectivity index (χ0) is 8.15. The van der Waals surface area contributed by atoms with Crippen LogP contribution < -0.4 is 0 Å². The fourth-order valence-electron chi connectivity index (χ4n) is 0.445. The summed E-state index contributed by atoms with van der Waals surface area (Å²) in [5.74, 6) is -0.0329. The van der Waals surface area contributed by atoms with Crippen LogP contribution in [0.5, 0.6) is 0 Å². The van der Waals surface area contributed by atoms with Gasteiger partial charge in [0.2, 0.25) is 0 Å². The van der Waals surface area contributed by atoms with E-state index < -0.39 is 0 Å². The highest BCUT2D eigenvalue weighted by Gasteiger charge is 1.98. The van der Waals surface area contributed by atoms with Gasteiger partial charge in [-0.3, -0.25) is 9.59 Å². The molecule has 0 radical (unpaired) electrons. The Bertz CT molecular complexity index is 178. The number of carbonyl (C=O) groups excluding carboxylic acids is 2. The summed E-state index contributed by atoms with van der Waals surface area (Å²) in [4.78, 5) is 21.3. The molecule has 2 heteroatoms. The van der Waals surface area contributed by atoms with E-state index in [4.69, 9.17) is 0 Å². The van der Waals surface area contributed by atoms with Crippen molar-refractivity contribution in [3.63, 3.8) is 0 Å². The fraction of sp³-hybridized carbons (Fsp3) is 0.500. The zero-order valence-corrected chi connectivity index (χ0v) is 6.60. The average molecular weight is 140 g/mol. The van der Waals surface area contributed by atoms with Gasteiger partial charge in [0.05, 0.1) is 0 Å². The zero-order valence-electron chi connectivity index (χ0n) is 6.60. The van der Waals surface area contributed by atoms with E-state index >= 15 is 0 Å². The molecule has 0 bridgehead atoms. The minimum absolute atomic E-state index is 0.00713. The van der Waals surface area contributed by atoms with E-state index in [-0.39, 0.29) is 11.6 Å². The van der Waals surface area contributed by atoms with Gasteiger partial charge in [-0.1, -0.05) is 6.92 Å². The summed E-state index contributed by atoms with van der Waals surface area (Å²) < 4.78 is 0. The third-order valence-corrected chi connectivity index (χ3v) is 1.28. The van der Waals surface area contributed by atoms with Gasteiger partial charge in [0.15, 0.2) is 11.6 Å². The van der Waals surface area contributed by atoms with Crippen molar-refractivity contribution in [2.24, 2.45) is 0 Å². The van der Waals surface area contributed by atoms with E-state index in [9.17, 15) is 9.59 Å². The number of Topliss-reactive ketones (excluding diaryl/α,β-unsaturated/α-hetero) is 1. The number of hydrogen-bond donors (Lipinski definition) is 0. The van der Waals surface area contributed by atoms with Crippen molar-refractivity contribution in [3.05, 3.63) is 11.6 Å². The summed E-state index contributed by atoms with van der Waals surface area (Å²) >= 11 is 0. The fourth-order valence-corrected chi connectivity index (χ4v) is 0.445. The van der Waals surface area contributed by atoms with Crippen molar-refractivity contribution < 1.29 is 9.59 Å². The second-order valence-electron chi connectivity index (χ2n) is 2.20. The molecule has 0 N–H and O–H groups in total. The van der Waals surface area contributed by atoms with Crippen LogP contribution >= 0.6 is 0 Å². The summed E-state index contributed by atoms with van der Waals surface area (Å²) in [6.07, 6.45) is 1.85. The molecule has 0 aliphatic heterocycles. The second kappa shape index (κ2) is 3.99. The molecule has 0 atom stereocenters. The Hall–Kier alpha value is -0.920. The monoisotopic (exact) mass is 140 g/mol. The highest BCUT2D eigenvalue weighted by molar-refractivity contribution is 6.01. The van der Waals surface area contributed by atoms with E-state index in [0.717, 1.165) is 0 Å². The largest absolute Gasteiger partial charge is 0.295 e. The van der Waals surface area contributed by atoms with Crippen LogP contribution in [-0.2, 0) is 9.59 Å². The molecule has 0 aromatic carbocycles. The van der Waals surface area contributed by atoms with Gasteiger partial charge in [-0.05, 0) is 25.5 Å². The van der Waals surface area contributed by atoms with Gasteiger partial charge in [0.1, 0.15) is 0 Å². The molecular formula is C8H12O2. The summed E-state index contributed by atoms with van der Waals surface area (Å²) in [6, 6.07) is 0. The number of ketones is 2. The summed E-state index contributed by atoms with van der Waals surface area (Å²) in [5.41, 5.74) is 0.534. The molecule has 56 valence electrons. The molecule has 0 amide bonds. The Labute approximate surface area is 60.9 Å². The van der Waals surface area contributed by atoms with Crippen molar-refractivity contribution in [2.45, 2.75) is 27.2 Å². The van der Waals surface area contributed by atoms with Crippen molar-refractivity contribution in [3.8, 4) is 0 Å². The van der Waals surface area contributed by atoms with E-state index in [1.807, 2.05) is 0 Å². The Kier molecular flexibility index (Phi) is 3.62. The van der Waals surface area contributed by atoms with E-state index in [2.05, 4.69) is 0 Å². The number of rotatable bonds is 3. The van der Waals surface area contributed by atoms with Gasteiger partial charge in [0, 0.05) is 6.42 Å². The van der Waals surface area contributed by atoms with Crippen LogP contribution in [-0.4, -0.2) is 11.6 Å². The maximum atomic E-state index is 10.7. The quantitative estimate of drug-likeness (QED) is 0.557. The topological polar surface area (TPSA) is 34.1 Å². The molecule has 2 nitrogen and oxygen atoms in total. The molecule has 0 aromatic heterocycles. The van der Waals surface area contributed by atoms with Gasteiger partial charge in [-0.25, -0.2) is 0 Å². The maximum Gasteiger partial charge on any atom is 0.155 e. The van der Waals surface area contributed by atoms with Gasteiger partial charge >= 0.3 is 0 Å². The Morgan fingerprint density at radius 1 is 1.30 bits per heavy atom. The van der Waals surface area contributed by atoms with E-state index in [1.54, 1.807) is 13.8 Å². The first-order valence-electron chi connectivity index (χ1n) is 3.30. The molecular weight excluding hydrogens is 128 g/mol. The lowest BCUT2D eigenvalue weighted by atomic mass is 10.1. The van der Waals surface area contributed by atoms with E-state index in [1.165, 1.54) is 13.0 Å². The lowest BCUT2D eigenvalue weighted by Crippen LogP contribution is -1.96. The molecule has 0 saturated carbocycles. The van der Waals surface area contributed by atoms with Crippen molar-refractivity contribution in [2.75, 3.05) is 0 Å². The number of allylic oxidation sites excluding steroid dienone is 2. The lowest BCUT2D eigenvalue weighted by molar-refractivity contribution is -0.116. The highest BCUT2D eigenvalue weighted by atomic mass is 16.1. The standard InChI is InChI=1S/C8H12O2/c1-4-8(10)5-6(2)7(3)9/h5H,4H2,1-3H3/b6-5-. The molecule has 0 aliphatic rings. The molecule has 0 spiro atoms. The van der Waals surface area contributed by atoms with Gasteiger partial charge in [-0.2, -0.15) is 0 Å². The number of hydrogen-bond acceptors (Lipinski definition) is 2. The molecule has 0 aromatic rings. The normalized spacial score (nSPS) is 11.3. The van der Waals surface area contributed by atoms with Crippen LogP contribution in [0.1, 0.15) is 27.2 Å². The highest BCUT2D eigenvalue weighted by Crippen LogP contribution is 1.95. The smallest absolute Gasteiger partial charge is 0.155 e. The Morgan fingerprint density at radius 2 is 1.80 bits per heavy atom. The van der Waals surface area contributed by atoms with Crippen molar-refractivity contribution in [1.82, 2.24) is 0 Å². The molecule has 10 heavy (non-hydrogen) atoms. The second-order valence-corrected chi connectivity index (χ2v) is 2.20. The van der Waals surface area contributed by atoms with Crippen LogP contribution in [0.15, 0.2) is 11.6 Å². The summed E-state index contributed by atoms with van der Waals surface area (Å²) in [6.45, 7) is 4.87. The first-order chi connectivity index (χ1) is 4.57. The Balaban J connectivity index is 4.16. The SMILES string of the molecule is CCC(=O)/C=C(/C)C(C)=O.